The largest absolute Gasteiger partial charge is 0.304 e. The maximum Gasteiger partial charge on any atom is 0.114 e. The number of thiazole rings is 1. The minimum absolute atomic E-state index is 0.113. The lowest BCUT2D eigenvalue weighted by Crippen LogP contribution is -2.22. The Morgan fingerprint density at radius 1 is 1.29 bits per heavy atom. The summed E-state index contributed by atoms with van der Waals surface area (Å²) < 4.78 is 1.91. The Labute approximate surface area is 128 Å². The molecule has 0 bridgehead atoms. The number of hydrogen-bond donors (Lipinski definition) is 1. The predicted octanol–water partition coefficient (Wildman–Crippen LogP) is 3.42. The van der Waals surface area contributed by atoms with Gasteiger partial charge in [0.15, 0.2) is 0 Å². The maximum atomic E-state index is 4.48. The van der Waals surface area contributed by atoms with Crippen molar-refractivity contribution in [2.75, 3.05) is 6.54 Å². The van der Waals surface area contributed by atoms with Crippen molar-refractivity contribution in [3.8, 4) is 5.69 Å². The summed E-state index contributed by atoms with van der Waals surface area (Å²) in [5.74, 6) is 0. The molecule has 2 heterocycles. The highest BCUT2D eigenvalue weighted by Crippen LogP contribution is 2.24. The molecule has 0 radical (unpaired) electrons. The van der Waals surface area contributed by atoms with Crippen molar-refractivity contribution >= 4 is 11.3 Å². The molecule has 0 fully saturated rings. The summed E-state index contributed by atoms with van der Waals surface area (Å²) in [6.45, 7) is 3.13. The number of rotatable bonds is 6. The summed E-state index contributed by atoms with van der Waals surface area (Å²) in [5.41, 5.74) is 2.21. The molecule has 21 heavy (non-hydrogen) atoms. The second kappa shape index (κ2) is 6.65. The maximum absolute atomic E-state index is 4.48. The van der Waals surface area contributed by atoms with Crippen LogP contribution in [0.15, 0.2) is 54.3 Å². The lowest BCUT2D eigenvalue weighted by Gasteiger charge is -2.14. The van der Waals surface area contributed by atoms with E-state index in [1.807, 2.05) is 40.7 Å². The third-order valence-corrected chi connectivity index (χ3v) is 4.09. The van der Waals surface area contributed by atoms with Crippen LogP contribution in [0.1, 0.15) is 30.0 Å². The van der Waals surface area contributed by atoms with Gasteiger partial charge in [-0.3, -0.25) is 0 Å². The number of aromatic nitrogens is 3. The SMILES string of the molecule is CCCNC(c1cnn(-c2ccccc2)c1)c1nccs1. The predicted molar refractivity (Wildman–Crippen MR) is 85.8 cm³/mol. The quantitative estimate of drug-likeness (QED) is 0.758. The molecule has 1 aromatic carbocycles. The summed E-state index contributed by atoms with van der Waals surface area (Å²) in [7, 11) is 0. The first-order valence-corrected chi connectivity index (χ1v) is 7.99. The Balaban J connectivity index is 1.88. The Kier molecular flexibility index (Phi) is 4.43. The van der Waals surface area contributed by atoms with Gasteiger partial charge in [-0.1, -0.05) is 25.1 Å². The van der Waals surface area contributed by atoms with Crippen LogP contribution in [-0.4, -0.2) is 21.3 Å². The number of nitrogens with zero attached hydrogens (tertiary/aromatic N) is 3. The molecule has 108 valence electrons. The van der Waals surface area contributed by atoms with Crippen LogP contribution in [0, 0.1) is 0 Å². The lowest BCUT2D eigenvalue weighted by molar-refractivity contribution is 0.596. The topological polar surface area (TPSA) is 42.7 Å². The van der Waals surface area contributed by atoms with Crippen LogP contribution >= 0.6 is 11.3 Å². The van der Waals surface area contributed by atoms with Crippen LogP contribution in [0.4, 0.5) is 0 Å². The summed E-state index contributed by atoms with van der Waals surface area (Å²) in [4.78, 5) is 4.45. The van der Waals surface area contributed by atoms with E-state index < -0.39 is 0 Å². The van der Waals surface area contributed by atoms with Gasteiger partial charge < -0.3 is 5.32 Å². The van der Waals surface area contributed by atoms with Crippen molar-refractivity contribution in [3.05, 3.63) is 64.9 Å². The van der Waals surface area contributed by atoms with E-state index in [9.17, 15) is 0 Å². The van der Waals surface area contributed by atoms with E-state index in [2.05, 4.69) is 40.7 Å². The summed E-state index contributed by atoms with van der Waals surface area (Å²) in [5, 5.41) is 11.1. The summed E-state index contributed by atoms with van der Waals surface area (Å²) in [6, 6.07) is 10.3. The number of hydrogen-bond acceptors (Lipinski definition) is 4. The molecule has 4 nitrogen and oxygen atoms in total. The van der Waals surface area contributed by atoms with E-state index in [4.69, 9.17) is 0 Å². The van der Waals surface area contributed by atoms with Crippen molar-refractivity contribution in [1.29, 1.82) is 0 Å². The van der Waals surface area contributed by atoms with Gasteiger partial charge in [0.25, 0.3) is 0 Å². The molecule has 0 aliphatic rings. The average Bonchev–Trinajstić information content (AvgIpc) is 3.21. The van der Waals surface area contributed by atoms with Gasteiger partial charge in [0, 0.05) is 23.3 Å². The minimum atomic E-state index is 0.113. The molecular weight excluding hydrogens is 280 g/mol. The molecule has 1 unspecified atom stereocenters. The van der Waals surface area contributed by atoms with E-state index in [1.165, 1.54) is 0 Å². The first kappa shape index (κ1) is 14.0. The van der Waals surface area contributed by atoms with Crippen molar-refractivity contribution in [3.63, 3.8) is 0 Å². The zero-order valence-corrected chi connectivity index (χ0v) is 12.8. The van der Waals surface area contributed by atoms with Crippen LogP contribution in [0.3, 0.4) is 0 Å². The van der Waals surface area contributed by atoms with Gasteiger partial charge in [-0.2, -0.15) is 5.10 Å². The molecule has 0 saturated heterocycles. The van der Waals surface area contributed by atoms with Crippen LogP contribution in [-0.2, 0) is 0 Å². The van der Waals surface area contributed by atoms with Gasteiger partial charge >= 0.3 is 0 Å². The Bertz CT molecular complexity index is 661. The molecular formula is C16H18N4S. The molecule has 0 aliphatic heterocycles. The lowest BCUT2D eigenvalue weighted by atomic mass is 10.1. The standard InChI is InChI=1S/C16H18N4S/c1-2-8-17-15(16-18-9-10-21-16)13-11-19-20(12-13)14-6-4-3-5-7-14/h3-7,9-12,15,17H,2,8H2,1H3. The molecule has 5 heteroatoms. The zero-order chi connectivity index (χ0) is 14.5. The van der Waals surface area contributed by atoms with Crippen LogP contribution < -0.4 is 5.32 Å². The third kappa shape index (κ3) is 3.20. The van der Waals surface area contributed by atoms with Gasteiger partial charge in [0.1, 0.15) is 5.01 Å². The van der Waals surface area contributed by atoms with Crippen LogP contribution in [0.2, 0.25) is 0 Å². The number of nitrogens with one attached hydrogen (secondary N) is 1. The Morgan fingerprint density at radius 2 is 2.14 bits per heavy atom. The Hall–Kier alpha value is -1.98. The van der Waals surface area contributed by atoms with E-state index >= 15 is 0 Å². The molecule has 0 spiro atoms. The molecule has 1 N–H and O–H groups in total. The fourth-order valence-corrected chi connectivity index (χ4v) is 2.96. The first-order valence-electron chi connectivity index (χ1n) is 7.11. The van der Waals surface area contributed by atoms with Gasteiger partial charge in [-0.25, -0.2) is 9.67 Å². The van der Waals surface area contributed by atoms with E-state index in [-0.39, 0.29) is 6.04 Å². The fourth-order valence-electron chi connectivity index (χ4n) is 2.22. The smallest absolute Gasteiger partial charge is 0.114 e. The summed E-state index contributed by atoms with van der Waals surface area (Å²) in [6.07, 6.45) is 6.93. The molecule has 3 rings (SSSR count). The molecule has 0 aliphatic carbocycles. The minimum Gasteiger partial charge on any atom is -0.304 e. The van der Waals surface area contributed by atoms with E-state index in [0.29, 0.717) is 0 Å². The van der Waals surface area contributed by atoms with Crippen molar-refractivity contribution < 1.29 is 0 Å². The van der Waals surface area contributed by atoms with Crippen LogP contribution in [0.5, 0.6) is 0 Å². The van der Waals surface area contributed by atoms with Gasteiger partial charge in [-0.05, 0) is 25.1 Å². The monoisotopic (exact) mass is 298 g/mol. The van der Waals surface area contributed by atoms with Crippen molar-refractivity contribution in [2.24, 2.45) is 0 Å². The molecule has 2 aromatic heterocycles. The van der Waals surface area contributed by atoms with Gasteiger partial charge in [0.05, 0.1) is 17.9 Å². The van der Waals surface area contributed by atoms with Gasteiger partial charge in [0.2, 0.25) is 0 Å². The second-order valence-electron chi connectivity index (χ2n) is 4.81. The molecule has 1 atom stereocenters. The van der Waals surface area contributed by atoms with E-state index in [1.54, 1.807) is 11.3 Å². The first-order chi connectivity index (χ1) is 10.4. The van der Waals surface area contributed by atoms with Gasteiger partial charge in [-0.15, -0.1) is 11.3 Å². The molecule has 3 aromatic rings. The van der Waals surface area contributed by atoms with E-state index in [0.717, 1.165) is 29.2 Å². The average molecular weight is 298 g/mol. The van der Waals surface area contributed by atoms with Crippen molar-refractivity contribution in [2.45, 2.75) is 19.4 Å². The second-order valence-corrected chi connectivity index (χ2v) is 5.74. The highest BCUT2D eigenvalue weighted by atomic mass is 32.1. The highest BCUT2D eigenvalue weighted by Gasteiger charge is 2.17. The van der Waals surface area contributed by atoms with Crippen molar-refractivity contribution in [1.82, 2.24) is 20.1 Å². The zero-order valence-electron chi connectivity index (χ0n) is 11.9. The normalized spacial score (nSPS) is 12.4. The van der Waals surface area contributed by atoms with Crippen LogP contribution in [0.25, 0.3) is 5.69 Å². The molecule has 0 amide bonds. The molecule has 0 saturated carbocycles. The fraction of sp³-hybridized carbons (Fsp3) is 0.250. The highest BCUT2D eigenvalue weighted by molar-refractivity contribution is 7.09. The number of para-hydroxylation sites is 1. The number of benzene rings is 1. The summed E-state index contributed by atoms with van der Waals surface area (Å²) >= 11 is 1.67. The third-order valence-electron chi connectivity index (χ3n) is 3.25. The Morgan fingerprint density at radius 3 is 2.86 bits per heavy atom.